The quantitative estimate of drug-likeness (QED) is 0.748. The average molecular weight is 251 g/mol. The highest BCUT2D eigenvalue weighted by Crippen LogP contribution is 2.15. The molecular weight excluding hydrogens is 230 g/mol. The molecule has 1 unspecified atom stereocenters. The predicted octanol–water partition coefficient (Wildman–Crippen LogP) is 0.660. The molecule has 2 fully saturated rings. The lowest BCUT2D eigenvalue weighted by molar-refractivity contribution is -0.136. The van der Waals surface area contributed by atoms with Gasteiger partial charge in [-0.3, -0.25) is 9.69 Å². The van der Waals surface area contributed by atoms with E-state index in [0.717, 1.165) is 45.2 Å². The van der Waals surface area contributed by atoms with Crippen molar-refractivity contribution in [1.29, 1.82) is 5.26 Å². The minimum absolute atomic E-state index is 0.0495. The molecular formula is C13H21N3O2. The highest BCUT2D eigenvalue weighted by Gasteiger charge is 2.26. The largest absolute Gasteiger partial charge is 0.368 e. The zero-order chi connectivity index (χ0) is 12.8. The topological polar surface area (TPSA) is 65.4 Å². The third kappa shape index (κ3) is 3.69. The molecule has 100 valence electrons. The Balaban J connectivity index is 1.70. The van der Waals surface area contributed by atoms with Crippen molar-refractivity contribution in [2.24, 2.45) is 0 Å². The molecule has 0 spiro atoms. The van der Waals surface area contributed by atoms with E-state index in [1.807, 2.05) is 0 Å². The van der Waals surface area contributed by atoms with Gasteiger partial charge < -0.3 is 10.1 Å². The number of rotatable bonds is 3. The third-order valence-electron chi connectivity index (χ3n) is 3.70. The van der Waals surface area contributed by atoms with Crippen molar-refractivity contribution in [3.05, 3.63) is 0 Å². The summed E-state index contributed by atoms with van der Waals surface area (Å²) in [6, 6.07) is 2.41. The van der Waals surface area contributed by atoms with Crippen LogP contribution in [0.2, 0.25) is 0 Å². The summed E-state index contributed by atoms with van der Waals surface area (Å²) in [5.41, 5.74) is 0. The highest BCUT2D eigenvalue weighted by atomic mass is 16.5. The molecule has 5 nitrogen and oxygen atoms in total. The van der Waals surface area contributed by atoms with Gasteiger partial charge in [-0.1, -0.05) is 0 Å². The Morgan fingerprint density at radius 2 is 2.11 bits per heavy atom. The van der Waals surface area contributed by atoms with Gasteiger partial charge in [0.2, 0.25) is 5.91 Å². The first-order valence-corrected chi connectivity index (χ1v) is 6.81. The second-order valence-corrected chi connectivity index (χ2v) is 5.07. The van der Waals surface area contributed by atoms with Gasteiger partial charge in [0.1, 0.15) is 6.10 Å². The maximum Gasteiger partial charge on any atom is 0.249 e. The van der Waals surface area contributed by atoms with Gasteiger partial charge in [0.15, 0.2) is 0 Å². The summed E-state index contributed by atoms with van der Waals surface area (Å²) >= 11 is 0. The number of nitrogens with zero attached hydrogens (tertiary/aromatic N) is 2. The van der Waals surface area contributed by atoms with E-state index in [2.05, 4.69) is 16.3 Å². The van der Waals surface area contributed by atoms with Gasteiger partial charge in [0, 0.05) is 25.7 Å². The number of likely N-dealkylation sites (tertiary alicyclic amines) is 1. The molecule has 1 N–H and O–H groups in total. The number of hydrogen-bond donors (Lipinski definition) is 1. The van der Waals surface area contributed by atoms with Crippen LogP contribution in [0.1, 0.15) is 32.1 Å². The Morgan fingerprint density at radius 1 is 1.33 bits per heavy atom. The number of amides is 1. The highest BCUT2D eigenvalue weighted by molar-refractivity contribution is 5.81. The normalized spacial score (nSPS) is 26.5. The van der Waals surface area contributed by atoms with Gasteiger partial charge in [-0.05, 0) is 32.1 Å². The smallest absolute Gasteiger partial charge is 0.249 e. The first kappa shape index (κ1) is 13.3. The summed E-state index contributed by atoms with van der Waals surface area (Å²) < 4.78 is 5.48. The zero-order valence-corrected chi connectivity index (χ0v) is 10.7. The van der Waals surface area contributed by atoms with E-state index in [0.29, 0.717) is 13.2 Å². The Bertz CT molecular complexity index is 313. The van der Waals surface area contributed by atoms with Crippen molar-refractivity contribution in [2.75, 3.05) is 26.2 Å². The molecule has 1 amide bonds. The fourth-order valence-corrected chi connectivity index (χ4v) is 2.58. The number of nitriles is 1. The Morgan fingerprint density at radius 3 is 2.72 bits per heavy atom. The van der Waals surface area contributed by atoms with Crippen molar-refractivity contribution < 1.29 is 9.53 Å². The van der Waals surface area contributed by atoms with Gasteiger partial charge in [-0.25, -0.2) is 0 Å². The van der Waals surface area contributed by atoms with E-state index in [1.54, 1.807) is 0 Å². The van der Waals surface area contributed by atoms with Gasteiger partial charge in [-0.15, -0.1) is 0 Å². The van der Waals surface area contributed by atoms with E-state index in [4.69, 9.17) is 10.00 Å². The zero-order valence-electron chi connectivity index (χ0n) is 10.7. The Kier molecular flexibility index (Phi) is 4.97. The van der Waals surface area contributed by atoms with Crippen LogP contribution in [0.25, 0.3) is 0 Å². The number of carbonyl (C=O) groups excluding carboxylic acids is 1. The molecule has 2 aliphatic rings. The molecule has 0 radical (unpaired) electrons. The molecule has 0 aromatic carbocycles. The second-order valence-electron chi connectivity index (χ2n) is 5.07. The summed E-state index contributed by atoms with van der Waals surface area (Å²) in [6.07, 6.45) is 4.62. The van der Waals surface area contributed by atoms with Crippen LogP contribution in [-0.2, 0) is 9.53 Å². The van der Waals surface area contributed by atoms with Crippen molar-refractivity contribution in [3.63, 3.8) is 0 Å². The molecule has 18 heavy (non-hydrogen) atoms. The van der Waals surface area contributed by atoms with Crippen molar-refractivity contribution >= 4 is 5.91 Å². The summed E-state index contributed by atoms with van der Waals surface area (Å²) in [4.78, 5) is 14.1. The van der Waals surface area contributed by atoms with E-state index in [1.165, 1.54) is 0 Å². The first-order chi connectivity index (χ1) is 8.79. The second kappa shape index (κ2) is 6.72. The van der Waals surface area contributed by atoms with Crippen LogP contribution in [-0.4, -0.2) is 49.2 Å². The molecule has 0 bridgehead atoms. The third-order valence-corrected chi connectivity index (χ3v) is 3.70. The maximum absolute atomic E-state index is 12.0. The van der Waals surface area contributed by atoms with E-state index >= 15 is 0 Å². The first-order valence-electron chi connectivity index (χ1n) is 6.81. The fourth-order valence-electron chi connectivity index (χ4n) is 2.58. The number of piperidine rings is 1. The molecule has 2 aliphatic heterocycles. The van der Waals surface area contributed by atoms with Crippen LogP contribution in [0.15, 0.2) is 0 Å². The van der Waals surface area contributed by atoms with Crippen LogP contribution in [0.5, 0.6) is 0 Å². The maximum atomic E-state index is 12.0. The standard InChI is InChI=1S/C13H21N3O2/c14-6-9-16-7-4-11(5-8-16)15-13(17)12-3-1-2-10-18-12/h11-12H,1-5,7-10H2,(H,15,17). The predicted molar refractivity (Wildman–Crippen MR) is 66.8 cm³/mol. The van der Waals surface area contributed by atoms with Crippen molar-refractivity contribution in [1.82, 2.24) is 10.2 Å². The van der Waals surface area contributed by atoms with E-state index in [-0.39, 0.29) is 18.1 Å². The van der Waals surface area contributed by atoms with Crippen LogP contribution in [0.4, 0.5) is 0 Å². The van der Waals surface area contributed by atoms with Gasteiger partial charge in [-0.2, -0.15) is 5.26 Å². The van der Waals surface area contributed by atoms with Gasteiger partial charge in [0.05, 0.1) is 12.6 Å². The summed E-state index contributed by atoms with van der Waals surface area (Å²) in [7, 11) is 0. The minimum atomic E-state index is -0.240. The van der Waals surface area contributed by atoms with Gasteiger partial charge in [0.25, 0.3) is 0 Å². The molecule has 2 heterocycles. The lowest BCUT2D eigenvalue weighted by Gasteiger charge is -2.32. The molecule has 5 heteroatoms. The Labute approximate surface area is 108 Å². The fraction of sp³-hybridized carbons (Fsp3) is 0.846. The van der Waals surface area contributed by atoms with Crippen LogP contribution in [0.3, 0.4) is 0 Å². The molecule has 0 aromatic heterocycles. The average Bonchev–Trinajstić information content (AvgIpc) is 2.42. The van der Waals surface area contributed by atoms with Crippen LogP contribution in [0, 0.1) is 11.3 Å². The SMILES string of the molecule is N#CCN1CCC(NC(=O)C2CCCCO2)CC1. The molecule has 2 rings (SSSR count). The summed E-state index contributed by atoms with van der Waals surface area (Å²) in [5, 5.41) is 11.7. The lowest BCUT2D eigenvalue weighted by Crippen LogP contribution is -2.48. The molecule has 0 aromatic rings. The molecule has 2 saturated heterocycles. The van der Waals surface area contributed by atoms with Crippen LogP contribution >= 0.6 is 0 Å². The molecule has 1 atom stereocenters. The monoisotopic (exact) mass is 251 g/mol. The molecule has 0 saturated carbocycles. The lowest BCUT2D eigenvalue weighted by atomic mass is 10.0. The number of hydrogen-bond acceptors (Lipinski definition) is 4. The summed E-state index contributed by atoms with van der Waals surface area (Å²) in [5.74, 6) is 0.0495. The minimum Gasteiger partial charge on any atom is -0.368 e. The summed E-state index contributed by atoms with van der Waals surface area (Å²) in [6.45, 7) is 2.99. The number of ether oxygens (including phenoxy) is 1. The van der Waals surface area contributed by atoms with E-state index in [9.17, 15) is 4.79 Å². The number of nitrogens with one attached hydrogen (secondary N) is 1. The van der Waals surface area contributed by atoms with Gasteiger partial charge >= 0.3 is 0 Å². The molecule has 0 aliphatic carbocycles. The van der Waals surface area contributed by atoms with Crippen molar-refractivity contribution in [2.45, 2.75) is 44.2 Å². The number of carbonyl (C=O) groups is 1. The van der Waals surface area contributed by atoms with E-state index < -0.39 is 0 Å². The van der Waals surface area contributed by atoms with Crippen LogP contribution < -0.4 is 5.32 Å². The van der Waals surface area contributed by atoms with Crippen molar-refractivity contribution in [3.8, 4) is 6.07 Å². The Hall–Kier alpha value is -1.12.